The zero-order valence-corrected chi connectivity index (χ0v) is 14.1. The van der Waals surface area contributed by atoms with Crippen molar-refractivity contribution < 1.29 is 0 Å². The molecule has 1 rings (SSSR count). The van der Waals surface area contributed by atoms with E-state index in [4.69, 9.17) is 4.98 Å². The molecule has 1 heterocycles. The third kappa shape index (κ3) is 4.09. The summed E-state index contributed by atoms with van der Waals surface area (Å²) in [5.74, 6) is 3.62. The van der Waals surface area contributed by atoms with Gasteiger partial charge in [-0.2, -0.15) is 0 Å². The van der Waals surface area contributed by atoms with Gasteiger partial charge in [-0.15, -0.1) is 0 Å². The molecule has 1 N–H and O–H groups in total. The minimum Gasteiger partial charge on any atom is -0.373 e. The number of aryl methyl sites for hydroxylation is 1. The van der Waals surface area contributed by atoms with Gasteiger partial charge in [-0.25, -0.2) is 9.97 Å². The van der Waals surface area contributed by atoms with E-state index in [2.05, 4.69) is 56.9 Å². The first kappa shape index (κ1) is 16.7. The van der Waals surface area contributed by atoms with Gasteiger partial charge in [-0.3, -0.25) is 0 Å². The predicted molar refractivity (Wildman–Crippen MR) is 87.6 cm³/mol. The van der Waals surface area contributed by atoms with Gasteiger partial charge in [-0.1, -0.05) is 20.8 Å². The summed E-state index contributed by atoms with van der Waals surface area (Å²) in [6, 6.07) is 0.475. The van der Waals surface area contributed by atoms with Gasteiger partial charge < -0.3 is 10.2 Å². The number of anilines is 2. The Hall–Kier alpha value is -1.32. The molecule has 0 aliphatic rings. The molecule has 0 fully saturated rings. The zero-order chi connectivity index (χ0) is 15.3. The Balaban J connectivity index is 3.11. The summed E-state index contributed by atoms with van der Waals surface area (Å²) in [4.78, 5) is 11.7. The van der Waals surface area contributed by atoms with Crippen LogP contribution in [0.4, 0.5) is 11.6 Å². The second-order valence-electron chi connectivity index (χ2n) is 6.03. The van der Waals surface area contributed by atoms with E-state index < -0.39 is 0 Å². The molecule has 0 aromatic carbocycles. The normalized spacial score (nSPS) is 12.6. The van der Waals surface area contributed by atoms with Crippen LogP contribution in [-0.4, -0.2) is 30.1 Å². The first-order valence-electron chi connectivity index (χ1n) is 7.68. The molecule has 4 heteroatoms. The van der Waals surface area contributed by atoms with E-state index in [0.29, 0.717) is 12.0 Å². The van der Waals surface area contributed by atoms with Crippen LogP contribution in [0.5, 0.6) is 0 Å². The van der Waals surface area contributed by atoms with Crippen LogP contribution in [-0.2, 0) is 6.42 Å². The maximum atomic E-state index is 4.77. The Morgan fingerprint density at radius 1 is 1.20 bits per heavy atom. The number of hydrogen-bond acceptors (Lipinski definition) is 4. The van der Waals surface area contributed by atoms with Crippen molar-refractivity contribution in [2.75, 3.05) is 24.3 Å². The van der Waals surface area contributed by atoms with Gasteiger partial charge in [-0.05, 0) is 32.6 Å². The van der Waals surface area contributed by atoms with Gasteiger partial charge in [0, 0.05) is 32.1 Å². The molecule has 0 radical (unpaired) electrons. The molecule has 0 aliphatic carbocycles. The van der Waals surface area contributed by atoms with Crippen LogP contribution in [0.3, 0.4) is 0 Å². The van der Waals surface area contributed by atoms with Crippen molar-refractivity contribution in [3.05, 3.63) is 11.4 Å². The standard InChI is InChI=1S/C16H30N4/c1-8-9-14-18-15(17-6)13(5)16(19-14)20(7)12(4)10-11(2)3/h11-12H,8-10H2,1-7H3,(H,17,18,19). The number of nitrogens with one attached hydrogen (secondary N) is 1. The third-order valence-corrected chi connectivity index (χ3v) is 3.68. The third-order valence-electron chi connectivity index (χ3n) is 3.68. The first-order chi connectivity index (χ1) is 9.40. The highest BCUT2D eigenvalue weighted by molar-refractivity contribution is 5.58. The van der Waals surface area contributed by atoms with E-state index in [-0.39, 0.29) is 0 Å². The predicted octanol–water partition coefficient (Wildman–Crippen LogP) is 3.65. The van der Waals surface area contributed by atoms with Crippen LogP contribution in [0.15, 0.2) is 0 Å². The average molecular weight is 278 g/mol. The van der Waals surface area contributed by atoms with Crippen molar-refractivity contribution in [1.29, 1.82) is 0 Å². The smallest absolute Gasteiger partial charge is 0.137 e. The molecule has 0 saturated heterocycles. The zero-order valence-electron chi connectivity index (χ0n) is 14.1. The quantitative estimate of drug-likeness (QED) is 0.826. The minimum atomic E-state index is 0.475. The molecule has 1 unspecified atom stereocenters. The van der Waals surface area contributed by atoms with Crippen molar-refractivity contribution in [1.82, 2.24) is 9.97 Å². The lowest BCUT2D eigenvalue weighted by atomic mass is 10.0. The average Bonchev–Trinajstić information content (AvgIpc) is 2.39. The second kappa shape index (κ2) is 7.46. The molecule has 0 amide bonds. The summed E-state index contributed by atoms with van der Waals surface area (Å²) in [7, 11) is 4.06. The number of hydrogen-bond donors (Lipinski definition) is 1. The fraction of sp³-hybridized carbons (Fsp3) is 0.750. The van der Waals surface area contributed by atoms with Gasteiger partial charge in [0.25, 0.3) is 0 Å². The van der Waals surface area contributed by atoms with Crippen LogP contribution < -0.4 is 10.2 Å². The maximum absolute atomic E-state index is 4.77. The highest BCUT2D eigenvalue weighted by Crippen LogP contribution is 2.25. The highest BCUT2D eigenvalue weighted by atomic mass is 15.2. The maximum Gasteiger partial charge on any atom is 0.137 e. The van der Waals surface area contributed by atoms with Gasteiger partial charge >= 0.3 is 0 Å². The molecule has 1 aromatic rings. The van der Waals surface area contributed by atoms with Gasteiger partial charge in [0.2, 0.25) is 0 Å². The molecule has 0 saturated carbocycles. The summed E-state index contributed by atoms with van der Waals surface area (Å²) >= 11 is 0. The Morgan fingerprint density at radius 2 is 1.85 bits per heavy atom. The lowest BCUT2D eigenvalue weighted by Gasteiger charge is -2.29. The molecular weight excluding hydrogens is 248 g/mol. The Bertz CT molecular complexity index is 429. The van der Waals surface area contributed by atoms with Crippen molar-refractivity contribution in [2.24, 2.45) is 5.92 Å². The summed E-state index contributed by atoms with van der Waals surface area (Å²) in [6.45, 7) is 11.0. The minimum absolute atomic E-state index is 0.475. The van der Waals surface area contributed by atoms with Crippen molar-refractivity contribution >= 4 is 11.6 Å². The van der Waals surface area contributed by atoms with Gasteiger partial charge in [0.15, 0.2) is 0 Å². The number of rotatable bonds is 7. The summed E-state index contributed by atoms with van der Waals surface area (Å²) in [5, 5.41) is 3.19. The molecule has 0 spiro atoms. The Labute approximate surface area is 124 Å². The molecule has 0 aliphatic heterocycles. The van der Waals surface area contributed by atoms with Crippen molar-refractivity contribution in [2.45, 2.75) is 59.9 Å². The second-order valence-corrected chi connectivity index (χ2v) is 6.03. The number of nitrogens with zero attached hydrogens (tertiary/aromatic N) is 3. The molecule has 4 nitrogen and oxygen atoms in total. The van der Waals surface area contributed by atoms with E-state index >= 15 is 0 Å². The molecular formula is C16H30N4. The highest BCUT2D eigenvalue weighted by Gasteiger charge is 2.18. The van der Waals surface area contributed by atoms with E-state index in [1.807, 2.05) is 7.05 Å². The van der Waals surface area contributed by atoms with Crippen LogP contribution in [0.25, 0.3) is 0 Å². The largest absolute Gasteiger partial charge is 0.373 e. The van der Waals surface area contributed by atoms with Gasteiger partial charge in [0.05, 0.1) is 0 Å². The summed E-state index contributed by atoms with van der Waals surface area (Å²) < 4.78 is 0. The lowest BCUT2D eigenvalue weighted by molar-refractivity contribution is 0.501. The van der Waals surface area contributed by atoms with E-state index in [1.165, 1.54) is 0 Å². The Kier molecular flexibility index (Phi) is 6.24. The van der Waals surface area contributed by atoms with Gasteiger partial charge in [0.1, 0.15) is 17.5 Å². The topological polar surface area (TPSA) is 41.1 Å². The van der Waals surface area contributed by atoms with E-state index in [9.17, 15) is 0 Å². The molecule has 114 valence electrons. The van der Waals surface area contributed by atoms with E-state index in [1.54, 1.807) is 0 Å². The van der Waals surface area contributed by atoms with Crippen LogP contribution in [0.2, 0.25) is 0 Å². The fourth-order valence-corrected chi connectivity index (χ4v) is 2.52. The number of aromatic nitrogens is 2. The molecule has 1 aromatic heterocycles. The van der Waals surface area contributed by atoms with Crippen molar-refractivity contribution in [3.63, 3.8) is 0 Å². The SMILES string of the molecule is CCCc1nc(NC)c(C)c(N(C)C(C)CC(C)C)n1. The Morgan fingerprint density at radius 3 is 2.35 bits per heavy atom. The van der Waals surface area contributed by atoms with Crippen LogP contribution >= 0.6 is 0 Å². The molecule has 1 atom stereocenters. The summed E-state index contributed by atoms with van der Waals surface area (Å²) in [6.07, 6.45) is 3.16. The summed E-state index contributed by atoms with van der Waals surface area (Å²) in [5.41, 5.74) is 1.13. The van der Waals surface area contributed by atoms with Crippen LogP contribution in [0, 0.1) is 12.8 Å². The van der Waals surface area contributed by atoms with Crippen LogP contribution in [0.1, 0.15) is 51.9 Å². The van der Waals surface area contributed by atoms with Crippen molar-refractivity contribution in [3.8, 4) is 0 Å². The lowest BCUT2D eigenvalue weighted by Crippen LogP contribution is -2.32. The van der Waals surface area contributed by atoms with E-state index in [0.717, 1.165) is 42.3 Å². The first-order valence-corrected chi connectivity index (χ1v) is 7.68. The monoisotopic (exact) mass is 278 g/mol. The molecule has 0 bridgehead atoms. The molecule has 20 heavy (non-hydrogen) atoms. The fourth-order valence-electron chi connectivity index (χ4n) is 2.52.